The van der Waals surface area contributed by atoms with Gasteiger partial charge in [0, 0.05) is 6.20 Å². The van der Waals surface area contributed by atoms with Gasteiger partial charge in [-0.15, -0.1) is 11.8 Å². The fraction of sp³-hybridized carbons (Fsp3) is 0.133. The number of carbonyl (C=O) groups is 2. The molecule has 0 radical (unpaired) electrons. The van der Waals surface area contributed by atoms with E-state index in [2.05, 4.69) is 4.98 Å². The van der Waals surface area contributed by atoms with E-state index in [-0.39, 0.29) is 5.56 Å². The number of aromatic nitrogens is 1. The van der Waals surface area contributed by atoms with Crippen LogP contribution in [0.25, 0.3) is 0 Å². The summed E-state index contributed by atoms with van der Waals surface area (Å²) in [5.74, 6) is -6.30. The first-order chi connectivity index (χ1) is 11.4. The lowest BCUT2D eigenvalue weighted by atomic mass is 10.2. The van der Waals surface area contributed by atoms with Gasteiger partial charge in [0.25, 0.3) is 5.91 Å². The van der Waals surface area contributed by atoms with Gasteiger partial charge in [0.2, 0.25) is 0 Å². The molecule has 0 atom stereocenters. The summed E-state index contributed by atoms with van der Waals surface area (Å²) in [5.41, 5.74) is -0.377. The maximum Gasteiger partial charge on any atom is 0.341 e. The first-order valence-corrected chi connectivity index (χ1v) is 7.76. The van der Waals surface area contributed by atoms with Crippen LogP contribution in [0, 0.1) is 17.5 Å². The largest absolute Gasteiger partial charge is 0.452 e. The normalized spacial score (nSPS) is 10.3. The van der Waals surface area contributed by atoms with Crippen molar-refractivity contribution in [2.24, 2.45) is 0 Å². The average molecular weight is 356 g/mol. The fourth-order valence-corrected chi connectivity index (χ4v) is 2.26. The monoisotopic (exact) mass is 356 g/mol. The highest BCUT2D eigenvalue weighted by Gasteiger charge is 2.17. The Hall–Kier alpha value is -2.55. The summed E-state index contributed by atoms with van der Waals surface area (Å²) in [7, 11) is 0. The summed E-state index contributed by atoms with van der Waals surface area (Å²) in [6.45, 7) is -0.722. The average Bonchev–Trinajstić information content (AvgIpc) is 2.60. The van der Waals surface area contributed by atoms with Crippen LogP contribution in [0.3, 0.4) is 0 Å². The Labute approximate surface area is 139 Å². The van der Waals surface area contributed by atoms with Gasteiger partial charge >= 0.3 is 5.97 Å². The van der Waals surface area contributed by atoms with Gasteiger partial charge in [0.15, 0.2) is 24.1 Å². The third kappa shape index (κ3) is 4.05. The maximum atomic E-state index is 13.4. The van der Waals surface area contributed by atoms with Gasteiger partial charge in [0.05, 0.1) is 11.3 Å². The number of thioether (sulfide) groups is 1. The van der Waals surface area contributed by atoms with Crippen LogP contribution in [0.15, 0.2) is 35.5 Å². The molecule has 1 amide bonds. The highest BCUT2D eigenvalue weighted by atomic mass is 32.2. The number of amides is 1. The zero-order valence-corrected chi connectivity index (χ0v) is 13.1. The van der Waals surface area contributed by atoms with Crippen molar-refractivity contribution in [2.45, 2.75) is 5.03 Å². The Kier molecular flexibility index (Phi) is 5.80. The third-order valence-electron chi connectivity index (χ3n) is 2.83. The highest BCUT2D eigenvalue weighted by molar-refractivity contribution is 7.98. The molecule has 0 saturated carbocycles. The second-order valence-electron chi connectivity index (χ2n) is 4.41. The number of nitrogens with one attached hydrogen (secondary N) is 1. The Morgan fingerprint density at radius 1 is 1.21 bits per heavy atom. The molecule has 0 spiro atoms. The Morgan fingerprint density at radius 3 is 2.67 bits per heavy atom. The van der Waals surface area contributed by atoms with E-state index in [0.29, 0.717) is 11.1 Å². The molecule has 0 aliphatic rings. The summed E-state index contributed by atoms with van der Waals surface area (Å²) in [6.07, 6.45) is 3.22. The zero-order chi connectivity index (χ0) is 17.7. The molecule has 9 heteroatoms. The van der Waals surface area contributed by atoms with E-state index in [1.54, 1.807) is 6.26 Å². The number of esters is 1. The van der Waals surface area contributed by atoms with Gasteiger partial charge in [-0.2, -0.15) is 0 Å². The van der Waals surface area contributed by atoms with Crippen molar-refractivity contribution < 1.29 is 27.5 Å². The van der Waals surface area contributed by atoms with Gasteiger partial charge in [-0.3, -0.25) is 4.79 Å². The number of halogens is 3. The van der Waals surface area contributed by atoms with E-state index < -0.39 is 41.6 Å². The van der Waals surface area contributed by atoms with Crippen LogP contribution in [0.2, 0.25) is 0 Å². The van der Waals surface area contributed by atoms with Crippen molar-refractivity contribution >= 4 is 29.3 Å². The molecule has 5 nitrogen and oxygen atoms in total. The molecule has 1 N–H and O–H groups in total. The predicted molar refractivity (Wildman–Crippen MR) is 81.2 cm³/mol. The first-order valence-electron chi connectivity index (χ1n) is 6.53. The highest BCUT2D eigenvalue weighted by Crippen LogP contribution is 2.20. The molecule has 0 aliphatic heterocycles. The molecule has 2 aromatic rings. The smallest absolute Gasteiger partial charge is 0.341 e. The number of hydrogen-bond donors (Lipinski definition) is 1. The number of carbonyl (C=O) groups excluding carboxylic acids is 2. The molecule has 0 bridgehead atoms. The van der Waals surface area contributed by atoms with Crippen LogP contribution in [0.5, 0.6) is 0 Å². The molecule has 1 aromatic heterocycles. The molecule has 1 heterocycles. The SMILES string of the molecule is CSc1ncccc1C(=O)OCC(=O)Nc1ccc(F)c(F)c1F. The molecule has 126 valence electrons. The van der Waals surface area contributed by atoms with Crippen LogP contribution >= 0.6 is 11.8 Å². The summed E-state index contributed by atoms with van der Waals surface area (Å²) < 4.78 is 44.1. The van der Waals surface area contributed by atoms with Crippen molar-refractivity contribution in [3.05, 3.63) is 53.5 Å². The van der Waals surface area contributed by atoms with Crippen LogP contribution < -0.4 is 5.32 Å². The molecule has 1 aromatic carbocycles. The maximum absolute atomic E-state index is 13.4. The summed E-state index contributed by atoms with van der Waals surface area (Å²) in [4.78, 5) is 27.5. The number of anilines is 1. The summed E-state index contributed by atoms with van der Waals surface area (Å²) in [5, 5.41) is 2.42. The molecule has 0 aliphatic carbocycles. The van der Waals surface area contributed by atoms with Gasteiger partial charge in [0.1, 0.15) is 5.03 Å². The lowest BCUT2D eigenvalue weighted by Gasteiger charge is -2.09. The molecule has 0 unspecified atom stereocenters. The molecule has 0 saturated heterocycles. The summed E-state index contributed by atoms with van der Waals surface area (Å²) >= 11 is 1.23. The van der Waals surface area contributed by atoms with Gasteiger partial charge in [-0.05, 0) is 30.5 Å². The zero-order valence-electron chi connectivity index (χ0n) is 12.3. The third-order valence-corrected chi connectivity index (χ3v) is 3.54. The standard InChI is InChI=1S/C15H11F3N2O3S/c1-24-14-8(3-2-6-19-14)15(22)23-7-11(21)20-10-5-4-9(16)12(17)13(10)18/h2-6H,7H2,1H3,(H,20,21). The fourth-order valence-electron chi connectivity index (χ4n) is 1.73. The van der Waals surface area contributed by atoms with Crippen molar-refractivity contribution in [2.75, 3.05) is 18.2 Å². The van der Waals surface area contributed by atoms with E-state index in [1.807, 2.05) is 5.32 Å². The van der Waals surface area contributed by atoms with Crippen molar-refractivity contribution in [3.8, 4) is 0 Å². The number of benzene rings is 1. The number of pyridine rings is 1. The Bertz CT molecular complexity index is 787. The quantitative estimate of drug-likeness (QED) is 0.507. The van der Waals surface area contributed by atoms with Gasteiger partial charge < -0.3 is 10.1 Å². The van der Waals surface area contributed by atoms with E-state index in [0.717, 1.165) is 6.07 Å². The number of rotatable bonds is 5. The lowest BCUT2D eigenvalue weighted by molar-refractivity contribution is -0.119. The van der Waals surface area contributed by atoms with Crippen molar-refractivity contribution in [1.29, 1.82) is 0 Å². The second-order valence-corrected chi connectivity index (χ2v) is 5.20. The van der Waals surface area contributed by atoms with Crippen LogP contribution in [0.4, 0.5) is 18.9 Å². The van der Waals surface area contributed by atoms with Crippen LogP contribution in [-0.2, 0) is 9.53 Å². The van der Waals surface area contributed by atoms with E-state index >= 15 is 0 Å². The van der Waals surface area contributed by atoms with Crippen LogP contribution in [0.1, 0.15) is 10.4 Å². The number of nitrogens with zero attached hydrogens (tertiary/aromatic N) is 1. The molecular weight excluding hydrogens is 345 g/mol. The predicted octanol–water partition coefficient (Wildman–Crippen LogP) is 3.02. The molecule has 2 rings (SSSR count). The topological polar surface area (TPSA) is 68.3 Å². The Balaban J connectivity index is 1.99. The van der Waals surface area contributed by atoms with Crippen molar-refractivity contribution in [3.63, 3.8) is 0 Å². The number of ether oxygens (including phenoxy) is 1. The molecule has 24 heavy (non-hydrogen) atoms. The number of hydrogen-bond acceptors (Lipinski definition) is 5. The Morgan fingerprint density at radius 2 is 1.96 bits per heavy atom. The summed E-state index contributed by atoms with van der Waals surface area (Å²) in [6, 6.07) is 4.54. The molecular formula is C15H11F3N2O3S. The van der Waals surface area contributed by atoms with E-state index in [4.69, 9.17) is 4.74 Å². The molecule has 0 fully saturated rings. The van der Waals surface area contributed by atoms with Crippen LogP contribution in [-0.4, -0.2) is 29.7 Å². The van der Waals surface area contributed by atoms with E-state index in [1.165, 1.54) is 30.1 Å². The second kappa shape index (κ2) is 7.82. The minimum Gasteiger partial charge on any atom is -0.452 e. The van der Waals surface area contributed by atoms with Crippen molar-refractivity contribution in [1.82, 2.24) is 4.98 Å². The minimum absolute atomic E-state index is 0.178. The first kappa shape index (κ1) is 17.8. The minimum atomic E-state index is -1.70. The lowest BCUT2D eigenvalue weighted by Crippen LogP contribution is -2.22. The van der Waals surface area contributed by atoms with E-state index in [9.17, 15) is 22.8 Å². The van der Waals surface area contributed by atoms with Gasteiger partial charge in [-0.25, -0.2) is 22.9 Å². The van der Waals surface area contributed by atoms with Gasteiger partial charge in [-0.1, -0.05) is 0 Å².